The van der Waals surface area contributed by atoms with Gasteiger partial charge in [0.2, 0.25) is 0 Å². The molecule has 0 saturated heterocycles. The van der Waals surface area contributed by atoms with Crippen molar-refractivity contribution in [2.45, 2.75) is 20.4 Å². The molecule has 1 aromatic carbocycles. The normalized spacial score (nSPS) is 12.4. The average molecular weight is 239 g/mol. The molecular formula is C13H21NO3. The Kier molecular flexibility index (Phi) is 5.80. The lowest BCUT2D eigenvalue weighted by Crippen LogP contribution is -2.22. The molecule has 0 aromatic heterocycles. The minimum atomic E-state index is 0.166. The molecule has 1 rings (SSSR count). The highest BCUT2D eigenvalue weighted by atomic mass is 16.5. The molecule has 0 heterocycles. The molecule has 96 valence electrons. The van der Waals surface area contributed by atoms with E-state index in [4.69, 9.17) is 9.84 Å². The predicted molar refractivity (Wildman–Crippen MR) is 67.2 cm³/mol. The molecule has 4 nitrogen and oxygen atoms in total. The van der Waals surface area contributed by atoms with Crippen molar-refractivity contribution in [1.29, 1.82) is 0 Å². The Bertz CT molecular complexity index is 341. The quantitative estimate of drug-likeness (QED) is 0.675. The van der Waals surface area contributed by atoms with Gasteiger partial charge in [-0.15, -0.1) is 0 Å². The zero-order chi connectivity index (χ0) is 12.7. The number of phenols is 1. The lowest BCUT2D eigenvalue weighted by molar-refractivity contribution is 0.233. The van der Waals surface area contributed by atoms with Gasteiger partial charge in [0.05, 0.1) is 6.61 Å². The second-order valence-corrected chi connectivity index (χ2v) is 4.15. The fraction of sp³-hybridized carbons (Fsp3) is 0.538. The first-order valence-corrected chi connectivity index (χ1v) is 5.93. The van der Waals surface area contributed by atoms with Crippen molar-refractivity contribution in [3.63, 3.8) is 0 Å². The number of benzene rings is 1. The van der Waals surface area contributed by atoms with Crippen molar-refractivity contribution in [2.24, 2.45) is 5.92 Å². The van der Waals surface area contributed by atoms with Gasteiger partial charge in [-0.05, 0) is 30.5 Å². The first kappa shape index (κ1) is 13.8. The van der Waals surface area contributed by atoms with E-state index in [2.05, 4.69) is 5.32 Å². The number of phenolic OH excluding ortho intramolecular Hbond substituents is 1. The van der Waals surface area contributed by atoms with Crippen molar-refractivity contribution in [3.05, 3.63) is 23.8 Å². The van der Waals surface area contributed by atoms with Gasteiger partial charge in [0.1, 0.15) is 0 Å². The molecule has 4 heteroatoms. The van der Waals surface area contributed by atoms with E-state index in [9.17, 15) is 5.11 Å². The van der Waals surface area contributed by atoms with Gasteiger partial charge < -0.3 is 20.3 Å². The fourth-order valence-corrected chi connectivity index (χ4v) is 1.47. The summed E-state index contributed by atoms with van der Waals surface area (Å²) < 4.78 is 5.31. The number of aliphatic hydroxyl groups excluding tert-OH is 1. The Morgan fingerprint density at radius 3 is 2.82 bits per heavy atom. The first-order valence-electron chi connectivity index (χ1n) is 5.93. The number of hydrogen-bond donors (Lipinski definition) is 3. The van der Waals surface area contributed by atoms with E-state index in [-0.39, 0.29) is 18.3 Å². The minimum absolute atomic E-state index is 0.166. The SMILES string of the molecule is CCOc1cc(CNCC(C)CO)ccc1O. The smallest absolute Gasteiger partial charge is 0.161 e. The van der Waals surface area contributed by atoms with Crippen LogP contribution in [0.5, 0.6) is 11.5 Å². The molecule has 0 bridgehead atoms. The Labute approximate surface area is 102 Å². The molecular weight excluding hydrogens is 218 g/mol. The van der Waals surface area contributed by atoms with Crippen LogP contribution in [-0.2, 0) is 6.54 Å². The number of nitrogens with one attached hydrogen (secondary N) is 1. The molecule has 1 aromatic rings. The molecule has 0 spiro atoms. The summed E-state index contributed by atoms with van der Waals surface area (Å²) in [6, 6.07) is 5.32. The van der Waals surface area contributed by atoms with Crippen LogP contribution < -0.4 is 10.1 Å². The van der Waals surface area contributed by atoms with Crippen molar-refractivity contribution in [2.75, 3.05) is 19.8 Å². The maximum Gasteiger partial charge on any atom is 0.161 e. The van der Waals surface area contributed by atoms with Gasteiger partial charge in [-0.1, -0.05) is 13.0 Å². The molecule has 0 fully saturated rings. The van der Waals surface area contributed by atoms with E-state index < -0.39 is 0 Å². The van der Waals surface area contributed by atoms with Gasteiger partial charge >= 0.3 is 0 Å². The zero-order valence-corrected chi connectivity index (χ0v) is 10.4. The van der Waals surface area contributed by atoms with Crippen LogP contribution in [0.3, 0.4) is 0 Å². The van der Waals surface area contributed by atoms with E-state index >= 15 is 0 Å². The van der Waals surface area contributed by atoms with Gasteiger partial charge in [0.25, 0.3) is 0 Å². The molecule has 0 amide bonds. The monoisotopic (exact) mass is 239 g/mol. The van der Waals surface area contributed by atoms with Crippen molar-refractivity contribution in [1.82, 2.24) is 5.32 Å². The highest BCUT2D eigenvalue weighted by Crippen LogP contribution is 2.26. The van der Waals surface area contributed by atoms with Crippen LogP contribution in [-0.4, -0.2) is 30.0 Å². The van der Waals surface area contributed by atoms with Crippen LogP contribution in [0.25, 0.3) is 0 Å². The average Bonchev–Trinajstić information content (AvgIpc) is 2.33. The number of rotatable bonds is 7. The van der Waals surface area contributed by atoms with Crippen LogP contribution >= 0.6 is 0 Å². The lowest BCUT2D eigenvalue weighted by atomic mass is 10.1. The second-order valence-electron chi connectivity index (χ2n) is 4.15. The number of ether oxygens (including phenoxy) is 1. The maximum atomic E-state index is 9.54. The van der Waals surface area contributed by atoms with E-state index in [0.717, 1.165) is 12.1 Å². The van der Waals surface area contributed by atoms with Crippen LogP contribution in [0.2, 0.25) is 0 Å². The lowest BCUT2D eigenvalue weighted by Gasteiger charge is -2.11. The molecule has 1 unspecified atom stereocenters. The fourth-order valence-electron chi connectivity index (χ4n) is 1.47. The zero-order valence-electron chi connectivity index (χ0n) is 10.4. The second kappa shape index (κ2) is 7.14. The van der Waals surface area contributed by atoms with E-state index in [1.165, 1.54) is 0 Å². The molecule has 0 aliphatic carbocycles. The number of hydrogen-bond acceptors (Lipinski definition) is 4. The van der Waals surface area contributed by atoms with Gasteiger partial charge in [0, 0.05) is 19.7 Å². The Hall–Kier alpha value is -1.26. The summed E-state index contributed by atoms with van der Waals surface area (Å²) >= 11 is 0. The van der Waals surface area contributed by atoms with E-state index in [1.54, 1.807) is 6.07 Å². The van der Waals surface area contributed by atoms with E-state index in [1.807, 2.05) is 26.0 Å². The van der Waals surface area contributed by atoms with Crippen molar-refractivity contribution >= 4 is 0 Å². The largest absolute Gasteiger partial charge is 0.504 e. The topological polar surface area (TPSA) is 61.7 Å². The summed E-state index contributed by atoms with van der Waals surface area (Å²) in [6.07, 6.45) is 0. The third kappa shape index (κ3) is 4.63. The molecule has 0 radical (unpaired) electrons. The Morgan fingerprint density at radius 1 is 1.41 bits per heavy atom. The molecule has 0 aliphatic heterocycles. The summed E-state index contributed by atoms with van der Waals surface area (Å²) in [5, 5.41) is 21.7. The molecule has 3 N–H and O–H groups in total. The van der Waals surface area contributed by atoms with Gasteiger partial charge in [-0.2, -0.15) is 0 Å². The minimum Gasteiger partial charge on any atom is -0.504 e. The third-order valence-electron chi connectivity index (χ3n) is 2.46. The summed E-state index contributed by atoms with van der Waals surface area (Å²) in [4.78, 5) is 0. The molecule has 1 atom stereocenters. The van der Waals surface area contributed by atoms with Gasteiger partial charge in [0.15, 0.2) is 11.5 Å². The van der Waals surface area contributed by atoms with Crippen molar-refractivity contribution < 1.29 is 14.9 Å². The van der Waals surface area contributed by atoms with Gasteiger partial charge in [-0.25, -0.2) is 0 Å². The Balaban J connectivity index is 2.51. The highest BCUT2D eigenvalue weighted by molar-refractivity contribution is 5.41. The molecule has 17 heavy (non-hydrogen) atoms. The molecule has 0 saturated carbocycles. The first-order chi connectivity index (χ1) is 8.17. The van der Waals surface area contributed by atoms with Crippen LogP contribution in [0.1, 0.15) is 19.4 Å². The van der Waals surface area contributed by atoms with E-state index in [0.29, 0.717) is 18.9 Å². The van der Waals surface area contributed by atoms with Crippen molar-refractivity contribution in [3.8, 4) is 11.5 Å². The van der Waals surface area contributed by atoms with Crippen LogP contribution in [0.4, 0.5) is 0 Å². The predicted octanol–water partition coefficient (Wildman–Crippen LogP) is 1.51. The number of aliphatic hydroxyl groups is 1. The Morgan fingerprint density at radius 2 is 2.18 bits per heavy atom. The summed E-state index contributed by atoms with van der Waals surface area (Å²) in [7, 11) is 0. The summed E-state index contributed by atoms with van der Waals surface area (Å²) in [5.74, 6) is 0.930. The maximum absolute atomic E-state index is 9.54. The van der Waals surface area contributed by atoms with Crippen LogP contribution in [0, 0.1) is 5.92 Å². The highest BCUT2D eigenvalue weighted by Gasteiger charge is 2.04. The molecule has 0 aliphatic rings. The van der Waals surface area contributed by atoms with Gasteiger partial charge in [-0.3, -0.25) is 0 Å². The standard InChI is InChI=1S/C13H21NO3/c1-3-17-13-6-11(4-5-12(13)16)8-14-7-10(2)9-15/h4-6,10,14-16H,3,7-9H2,1-2H3. The summed E-state index contributed by atoms with van der Waals surface area (Å²) in [6.45, 7) is 6.05. The summed E-state index contributed by atoms with van der Waals surface area (Å²) in [5.41, 5.74) is 1.05. The third-order valence-corrected chi connectivity index (χ3v) is 2.46. The van der Waals surface area contributed by atoms with Crippen LogP contribution in [0.15, 0.2) is 18.2 Å². The number of aromatic hydroxyl groups is 1.